The molecule has 1 aliphatic heterocycles. The third-order valence-electron chi connectivity index (χ3n) is 4.74. The maximum absolute atomic E-state index is 12.8. The molecule has 0 aliphatic carbocycles. The monoisotopic (exact) mass is 352 g/mol. The quantitative estimate of drug-likeness (QED) is 0.831. The number of hydrogen-bond acceptors (Lipinski definition) is 3. The van der Waals surface area contributed by atoms with E-state index in [9.17, 15) is 9.59 Å². The third-order valence-corrected chi connectivity index (χ3v) is 4.74. The lowest BCUT2D eigenvalue weighted by Crippen LogP contribution is -2.54. The molecule has 0 N–H and O–H groups in total. The van der Waals surface area contributed by atoms with E-state index in [0.717, 1.165) is 16.8 Å². The second-order valence-electron chi connectivity index (χ2n) is 6.32. The van der Waals surface area contributed by atoms with E-state index in [1.54, 1.807) is 9.80 Å². The first-order valence-corrected chi connectivity index (χ1v) is 8.92. The zero-order valence-corrected chi connectivity index (χ0v) is 15.2. The van der Waals surface area contributed by atoms with E-state index in [4.69, 9.17) is 4.74 Å². The number of methoxy groups -OCH3 is 1. The molecule has 2 aromatic carbocycles. The molecule has 136 valence electrons. The van der Waals surface area contributed by atoms with Crippen molar-refractivity contribution in [1.29, 1.82) is 0 Å². The Bertz CT molecular complexity index is 772. The molecule has 0 bridgehead atoms. The third kappa shape index (κ3) is 3.63. The molecule has 0 unspecified atom stereocenters. The van der Waals surface area contributed by atoms with Crippen LogP contribution in [0.1, 0.15) is 13.3 Å². The number of ether oxygens (including phenoxy) is 1. The molecule has 1 atom stereocenters. The van der Waals surface area contributed by atoms with Gasteiger partial charge in [0.15, 0.2) is 0 Å². The van der Waals surface area contributed by atoms with E-state index >= 15 is 0 Å². The van der Waals surface area contributed by atoms with Gasteiger partial charge in [-0.1, -0.05) is 55.5 Å². The molecule has 2 aromatic rings. The van der Waals surface area contributed by atoms with Crippen molar-refractivity contribution in [2.24, 2.45) is 0 Å². The second kappa shape index (κ2) is 8.15. The topological polar surface area (TPSA) is 49.9 Å². The Morgan fingerprint density at radius 3 is 2.42 bits per heavy atom. The number of benzene rings is 2. The van der Waals surface area contributed by atoms with E-state index in [-0.39, 0.29) is 18.4 Å². The minimum atomic E-state index is -0.481. The fraction of sp³-hybridized carbons (Fsp3) is 0.333. The molecule has 0 saturated carbocycles. The van der Waals surface area contributed by atoms with Crippen molar-refractivity contribution in [3.05, 3.63) is 54.6 Å². The van der Waals surface area contributed by atoms with Crippen molar-refractivity contribution >= 4 is 17.5 Å². The van der Waals surface area contributed by atoms with E-state index in [0.29, 0.717) is 19.5 Å². The highest BCUT2D eigenvalue weighted by molar-refractivity contribution is 6.01. The lowest BCUT2D eigenvalue weighted by molar-refractivity contribution is -0.145. The van der Waals surface area contributed by atoms with Crippen LogP contribution in [0.3, 0.4) is 0 Å². The summed E-state index contributed by atoms with van der Waals surface area (Å²) in [7, 11) is 1.53. The SMILES string of the molecule is CC[C@@H](OC)C(=O)N1CCN(c2ccccc2-c2ccccc2)C(=O)C1. The van der Waals surface area contributed by atoms with Gasteiger partial charge in [-0.25, -0.2) is 0 Å². The highest BCUT2D eigenvalue weighted by atomic mass is 16.5. The van der Waals surface area contributed by atoms with Gasteiger partial charge in [0.1, 0.15) is 12.6 Å². The zero-order chi connectivity index (χ0) is 18.5. The minimum Gasteiger partial charge on any atom is -0.372 e. The molecule has 1 fully saturated rings. The van der Waals surface area contributed by atoms with E-state index in [1.807, 2.05) is 61.5 Å². The second-order valence-corrected chi connectivity index (χ2v) is 6.32. The lowest BCUT2D eigenvalue weighted by Gasteiger charge is -2.36. The van der Waals surface area contributed by atoms with Gasteiger partial charge in [0.2, 0.25) is 5.91 Å². The minimum absolute atomic E-state index is 0.0704. The molecule has 2 amide bonds. The highest BCUT2D eigenvalue weighted by Crippen LogP contribution is 2.31. The number of amides is 2. The molecular formula is C21H24N2O3. The largest absolute Gasteiger partial charge is 0.372 e. The Morgan fingerprint density at radius 2 is 1.77 bits per heavy atom. The average Bonchev–Trinajstić information content (AvgIpc) is 2.69. The van der Waals surface area contributed by atoms with Crippen molar-refractivity contribution in [3.8, 4) is 11.1 Å². The van der Waals surface area contributed by atoms with Crippen LogP contribution in [0.2, 0.25) is 0 Å². The van der Waals surface area contributed by atoms with Crippen LogP contribution >= 0.6 is 0 Å². The summed E-state index contributed by atoms with van der Waals surface area (Å²) in [5.41, 5.74) is 2.97. The van der Waals surface area contributed by atoms with Crippen LogP contribution in [0.5, 0.6) is 0 Å². The fourth-order valence-corrected chi connectivity index (χ4v) is 3.33. The Hall–Kier alpha value is -2.66. The predicted octanol–water partition coefficient (Wildman–Crippen LogP) is 2.95. The van der Waals surface area contributed by atoms with Crippen LogP contribution in [-0.4, -0.2) is 49.6 Å². The van der Waals surface area contributed by atoms with Gasteiger partial charge in [-0.2, -0.15) is 0 Å². The van der Waals surface area contributed by atoms with Gasteiger partial charge in [-0.3, -0.25) is 9.59 Å². The van der Waals surface area contributed by atoms with Crippen molar-refractivity contribution in [3.63, 3.8) is 0 Å². The van der Waals surface area contributed by atoms with Gasteiger partial charge in [0.25, 0.3) is 5.91 Å². The van der Waals surface area contributed by atoms with Crippen LogP contribution in [0.4, 0.5) is 5.69 Å². The summed E-state index contributed by atoms with van der Waals surface area (Å²) in [5.74, 6) is -0.182. The normalized spacial score (nSPS) is 15.8. The van der Waals surface area contributed by atoms with Crippen molar-refractivity contribution < 1.29 is 14.3 Å². The number of carbonyl (C=O) groups excluding carboxylic acids is 2. The van der Waals surface area contributed by atoms with Gasteiger partial charge in [-0.05, 0) is 18.1 Å². The number of hydrogen-bond donors (Lipinski definition) is 0. The molecule has 26 heavy (non-hydrogen) atoms. The Kier molecular flexibility index (Phi) is 5.68. The molecular weight excluding hydrogens is 328 g/mol. The Morgan fingerprint density at radius 1 is 1.08 bits per heavy atom. The lowest BCUT2D eigenvalue weighted by atomic mass is 10.0. The Balaban J connectivity index is 1.81. The van der Waals surface area contributed by atoms with E-state index < -0.39 is 6.10 Å². The number of para-hydroxylation sites is 1. The van der Waals surface area contributed by atoms with Gasteiger partial charge in [0, 0.05) is 25.8 Å². The summed E-state index contributed by atoms with van der Waals surface area (Å²) in [5, 5.41) is 0. The first kappa shape index (κ1) is 18.1. The van der Waals surface area contributed by atoms with Crippen LogP contribution in [-0.2, 0) is 14.3 Å². The summed E-state index contributed by atoms with van der Waals surface area (Å²) >= 11 is 0. The van der Waals surface area contributed by atoms with Crippen LogP contribution in [0.15, 0.2) is 54.6 Å². The van der Waals surface area contributed by atoms with E-state index in [2.05, 4.69) is 0 Å². The molecule has 5 heteroatoms. The summed E-state index contributed by atoms with van der Waals surface area (Å²) in [4.78, 5) is 28.6. The summed E-state index contributed by atoms with van der Waals surface area (Å²) in [6.07, 6.45) is 0.117. The molecule has 0 radical (unpaired) electrons. The van der Waals surface area contributed by atoms with Crippen molar-refractivity contribution in [2.75, 3.05) is 31.6 Å². The van der Waals surface area contributed by atoms with Crippen LogP contribution in [0, 0.1) is 0 Å². The summed E-state index contributed by atoms with van der Waals surface area (Å²) in [6.45, 7) is 2.98. The average molecular weight is 352 g/mol. The first-order valence-electron chi connectivity index (χ1n) is 8.92. The molecule has 5 nitrogen and oxygen atoms in total. The van der Waals surface area contributed by atoms with Gasteiger partial charge >= 0.3 is 0 Å². The molecule has 0 spiro atoms. The zero-order valence-electron chi connectivity index (χ0n) is 15.2. The Labute approximate surface area is 154 Å². The van der Waals surface area contributed by atoms with Gasteiger partial charge < -0.3 is 14.5 Å². The van der Waals surface area contributed by atoms with Crippen molar-refractivity contribution in [2.45, 2.75) is 19.4 Å². The standard InChI is InChI=1S/C21H24N2O3/c1-3-19(26-2)21(25)22-13-14-23(20(24)15-22)18-12-8-7-11-17(18)16-9-5-4-6-10-16/h4-12,19H,3,13-15H2,1-2H3/t19-/m1/s1. The number of nitrogens with zero attached hydrogens (tertiary/aromatic N) is 2. The molecule has 1 aliphatic rings. The predicted molar refractivity (Wildman–Crippen MR) is 102 cm³/mol. The summed E-state index contributed by atoms with van der Waals surface area (Å²) in [6, 6.07) is 17.9. The van der Waals surface area contributed by atoms with E-state index in [1.165, 1.54) is 7.11 Å². The number of piperazine rings is 1. The molecule has 3 rings (SSSR count). The number of rotatable bonds is 5. The maximum atomic E-state index is 12.8. The maximum Gasteiger partial charge on any atom is 0.252 e. The van der Waals surface area contributed by atoms with Crippen molar-refractivity contribution in [1.82, 2.24) is 4.90 Å². The van der Waals surface area contributed by atoms with Gasteiger partial charge in [0.05, 0.1) is 5.69 Å². The number of carbonyl (C=O) groups is 2. The fourth-order valence-electron chi connectivity index (χ4n) is 3.33. The molecule has 1 saturated heterocycles. The van der Waals surface area contributed by atoms with Crippen LogP contribution in [0.25, 0.3) is 11.1 Å². The first-order chi connectivity index (χ1) is 12.7. The highest BCUT2D eigenvalue weighted by Gasteiger charge is 2.32. The summed E-state index contributed by atoms with van der Waals surface area (Å²) < 4.78 is 5.22. The smallest absolute Gasteiger partial charge is 0.252 e. The van der Waals surface area contributed by atoms with Crippen LogP contribution < -0.4 is 4.90 Å². The molecule has 1 heterocycles. The van der Waals surface area contributed by atoms with Gasteiger partial charge in [-0.15, -0.1) is 0 Å². The number of anilines is 1. The molecule has 0 aromatic heterocycles.